The molecule has 1 aromatic heterocycles. The van der Waals surface area contributed by atoms with Gasteiger partial charge in [0.15, 0.2) is 5.78 Å². The number of carbonyl (C=O) groups excluding carboxylic acids is 1. The minimum Gasteiger partial charge on any atom is -0.469 e. The van der Waals surface area contributed by atoms with Crippen molar-refractivity contribution < 1.29 is 9.21 Å². The fraction of sp³-hybridized carbons (Fsp3) is 0.154. The quantitative estimate of drug-likeness (QED) is 0.770. The second kappa shape index (κ2) is 5.39. The molecule has 0 saturated heterocycles. The zero-order valence-corrected chi connectivity index (χ0v) is 10.5. The van der Waals surface area contributed by atoms with Gasteiger partial charge in [-0.3, -0.25) is 4.79 Å². The number of halogens is 2. The molecule has 0 amide bonds. The number of furan rings is 1. The number of hydrogen-bond donors (Lipinski definition) is 0. The van der Waals surface area contributed by atoms with Crippen LogP contribution in [0.25, 0.3) is 0 Å². The second-order valence-electron chi connectivity index (χ2n) is 3.63. The molecule has 4 heteroatoms. The maximum atomic E-state index is 11.9. The van der Waals surface area contributed by atoms with E-state index in [1.807, 2.05) is 6.07 Å². The van der Waals surface area contributed by atoms with E-state index in [0.717, 1.165) is 5.76 Å². The van der Waals surface area contributed by atoms with Crippen LogP contribution < -0.4 is 0 Å². The third-order valence-corrected chi connectivity index (χ3v) is 3.16. The molecule has 2 rings (SSSR count). The van der Waals surface area contributed by atoms with Crippen LogP contribution in [0, 0.1) is 0 Å². The van der Waals surface area contributed by atoms with Crippen molar-refractivity contribution in [3.63, 3.8) is 0 Å². The zero-order chi connectivity index (χ0) is 12.3. The molecule has 0 radical (unpaired) electrons. The Kier molecular flexibility index (Phi) is 3.87. The molecule has 0 N–H and O–H groups in total. The first kappa shape index (κ1) is 12.2. The molecule has 1 aromatic carbocycles. The highest BCUT2D eigenvalue weighted by Crippen LogP contribution is 2.23. The Morgan fingerprint density at radius 3 is 2.65 bits per heavy atom. The maximum Gasteiger partial charge on any atom is 0.163 e. The molecule has 0 fully saturated rings. The number of ketones is 1. The number of carbonyl (C=O) groups is 1. The normalized spacial score (nSPS) is 10.5. The largest absolute Gasteiger partial charge is 0.469 e. The molecular weight excluding hydrogens is 259 g/mol. The summed E-state index contributed by atoms with van der Waals surface area (Å²) in [5.74, 6) is 0.832. The van der Waals surface area contributed by atoms with Crippen molar-refractivity contribution in [1.82, 2.24) is 0 Å². The van der Waals surface area contributed by atoms with Crippen LogP contribution in [0.2, 0.25) is 10.0 Å². The first-order valence-corrected chi connectivity index (χ1v) is 5.93. The number of rotatable bonds is 4. The number of hydrogen-bond acceptors (Lipinski definition) is 2. The molecule has 0 saturated carbocycles. The van der Waals surface area contributed by atoms with Crippen molar-refractivity contribution in [2.24, 2.45) is 0 Å². The predicted molar refractivity (Wildman–Crippen MR) is 67.8 cm³/mol. The molecule has 17 heavy (non-hydrogen) atoms. The van der Waals surface area contributed by atoms with Gasteiger partial charge in [0.2, 0.25) is 0 Å². The molecule has 0 unspecified atom stereocenters. The average molecular weight is 269 g/mol. The van der Waals surface area contributed by atoms with Gasteiger partial charge in [-0.15, -0.1) is 0 Å². The molecule has 0 atom stereocenters. The molecular formula is C13H10Cl2O2. The topological polar surface area (TPSA) is 30.2 Å². The van der Waals surface area contributed by atoms with Gasteiger partial charge in [-0.05, 0) is 30.3 Å². The summed E-state index contributed by atoms with van der Waals surface area (Å²) in [6.45, 7) is 0. The Balaban J connectivity index is 2.02. The Hall–Kier alpha value is -1.25. The minimum atomic E-state index is 0.0277. The monoisotopic (exact) mass is 268 g/mol. The fourth-order valence-electron chi connectivity index (χ4n) is 1.51. The molecule has 0 aliphatic rings. The molecule has 1 heterocycles. The molecule has 2 nitrogen and oxygen atoms in total. The van der Waals surface area contributed by atoms with Gasteiger partial charge in [0.1, 0.15) is 5.76 Å². The van der Waals surface area contributed by atoms with Gasteiger partial charge < -0.3 is 4.42 Å². The van der Waals surface area contributed by atoms with Crippen LogP contribution in [-0.4, -0.2) is 5.78 Å². The van der Waals surface area contributed by atoms with Crippen LogP contribution in [0.1, 0.15) is 22.5 Å². The van der Waals surface area contributed by atoms with Crippen molar-refractivity contribution >= 4 is 29.0 Å². The summed E-state index contributed by atoms with van der Waals surface area (Å²) >= 11 is 11.6. The van der Waals surface area contributed by atoms with Crippen molar-refractivity contribution in [2.45, 2.75) is 12.8 Å². The van der Waals surface area contributed by atoms with Crippen LogP contribution in [0.15, 0.2) is 41.0 Å². The molecule has 2 aromatic rings. The number of Topliss-reactive ketones (excluding diaryl/α,β-unsaturated/α-hetero) is 1. The van der Waals surface area contributed by atoms with E-state index in [2.05, 4.69) is 0 Å². The van der Waals surface area contributed by atoms with Crippen LogP contribution in [0.3, 0.4) is 0 Å². The van der Waals surface area contributed by atoms with E-state index in [1.54, 1.807) is 30.5 Å². The lowest BCUT2D eigenvalue weighted by Crippen LogP contribution is -2.00. The van der Waals surface area contributed by atoms with E-state index in [9.17, 15) is 4.79 Å². The fourth-order valence-corrected chi connectivity index (χ4v) is 1.80. The summed E-state index contributed by atoms with van der Waals surface area (Å²) in [7, 11) is 0. The first-order chi connectivity index (χ1) is 8.16. The highest BCUT2D eigenvalue weighted by atomic mass is 35.5. The zero-order valence-electron chi connectivity index (χ0n) is 8.95. The molecule has 0 aliphatic heterocycles. The van der Waals surface area contributed by atoms with E-state index in [1.165, 1.54) is 0 Å². The average Bonchev–Trinajstić information content (AvgIpc) is 2.82. The van der Waals surface area contributed by atoms with Gasteiger partial charge in [-0.25, -0.2) is 0 Å². The van der Waals surface area contributed by atoms with Crippen molar-refractivity contribution in [2.75, 3.05) is 0 Å². The Morgan fingerprint density at radius 2 is 2.00 bits per heavy atom. The molecule has 88 valence electrons. The van der Waals surface area contributed by atoms with Crippen molar-refractivity contribution in [3.8, 4) is 0 Å². The van der Waals surface area contributed by atoms with Crippen molar-refractivity contribution in [3.05, 3.63) is 58.0 Å². The standard InChI is InChI=1S/C13H10Cl2O2/c14-11-5-3-9(8-12(11)15)13(16)6-4-10-2-1-7-17-10/h1-3,5,7-8H,4,6H2. The van der Waals surface area contributed by atoms with E-state index < -0.39 is 0 Å². The highest BCUT2D eigenvalue weighted by molar-refractivity contribution is 6.42. The van der Waals surface area contributed by atoms with Crippen LogP contribution >= 0.6 is 23.2 Å². The van der Waals surface area contributed by atoms with E-state index in [0.29, 0.717) is 28.5 Å². The summed E-state index contributed by atoms with van der Waals surface area (Å²) < 4.78 is 5.16. The highest BCUT2D eigenvalue weighted by Gasteiger charge is 2.09. The summed E-state index contributed by atoms with van der Waals surface area (Å²) in [4.78, 5) is 11.9. The summed E-state index contributed by atoms with van der Waals surface area (Å²) in [5, 5.41) is 0.852. The lowest BCUT2D eigenvalue weighted by Gasteiger charge is -2.01. The summed E-state index contributed by atoms with van der Waals surface area (Å²) in [5.41, 5.74) is 0.575. The van der Waals surface area contributed by atoms with Gasteiger partial charge in [0.05, 0.1) is 16.3 Å². The molecule has 0 aliphatic carbocycles. The van der Waals surface area contributed by atoms with E-state index in [4.69, 9.17) is 27.6 Å². The van der Waals surface area contributed by atoms with Gasteiger partial charge in [-0.1, -0.05) is 23.2 Å². The van der Waals surface area contributed by atoms with Crippen LogP contribution in [0.4, 0.5) is 0 Å². The van der Waals surface area contributed by atoms with E-state index >= 15 is 0 Å². The van der Waals surface area contributed by atoms with Crippen molar-refractivity contribution in [1.29, 1.82) is 0 Å². The lowest BCUT2D eigenvalue weighted by molar-refractivity contribution is 0.0981. The van der Waals surface area contributed by atoms with Crippen LogP contribution in [0.5, 0.6) is 0 Å². The maximum absolute atomic E-state index is 11.9. The molecule has 0 spiro atoms. The van der Waals surface area contributed by atoms with Gasteiger partial charge in [0.25, 0.3) is 0 Å². The van der Waals surface area contributed by atoms with Gasteiger partial charge >= 0.3 is 0 Å². The Labute approximate surface area is 109 Å². The smallest absolute Gasteiger partial charge is 0.163 e. The van der Waals surface area contributed by atoms with Gasteiger partial charge in [-0.2, -0.15) is 0 Å². The molecule has 0 bridgehead atoms. The minimum absolute atomic E-state index is 0.0277. The summed E-state index contributed by atoms with van der Waals surface area (Å²) in [6.07, 6.45) is 2.58. The lowest BCUT2D eigenvalue weighted by atomic mass is 10.1. The number of benzene rings is 1. The Bertz CT molecular complexity index is 518. The predicted octanol–water partition coefficient (Wildman–Crippen LogP) is 4.40. The first-order valence-electron chi connectivity index (χ1n) is 5.17. The third-order valence-electron chi connectivity index (χ3n) is 2.42. The number of aryl methyl sites for hydroxylation is 1. The van der Waals surface area contributed by atoms with Gasteiger partial charge in [0, 0.05) is 18.4 Å². The Morgan fingerprint density at radius 1 is 1.18 bits per heavy atom. The third kappa shape index (κ3) is 3.11. The SMILES string of the molecule is O=C(CCc1ccco1)c1ccc(Cl)c(Cl)c1. The second-order valence-corrected chi connectivity index (χ2v) is 4.45. The summed E-state index contributed by atoms with van der Waals surface area (Å²) in [6, 6.07) is 8.55. The van der Waals surface area contributed by atoms with E-state index in [-0.39, 0.29) is 5.78 Å². The van der Waals surface area contributed by atoms with Crippen LogP contribution in [-0.2, 0) is 6.42 Å².